The molecule has 1 heterocycles. The third-order valence-corrected chi connectivity index (χ3v) is 6.91. The van der Waals surface area contributed by atoms with E-state index in [4.69, 9.17) is 0 Å². The Bertz CT molecular complexity index is 1050. The number of aromatic nitrogens is 3. The number of benzene rings is 2. The molecule has 3 aromatic rings. The van der Waals surface area contributed by atoms with E-state index in [9.17, 15) is 4.79 Å². The van der Waals surface area contributed by atoms with Crippen LogP contribution in [0.3, 0.4) is 0 Å². The molecule has 0 fully saturated rings. The van der Waals surface area contributed by atoms with Gasteiger partial charge < -0.3 is 5.32 Å². The lowest BCUT2D eigenvalue weighted by molar-refractivity contribution is -0.119. The predicted molar refractivity (Wildman–Crippen MR) is 136 cm³/mol. The van der Waals surface area contributed by atoms with Crippen LogP contribution in [-0.4, -0.2) is 32.5 Å². The number of thioether (sulfide) groups is 1. The topological polar surface area (TPSA) is 59.8 Å². The second-order valence-electron chi connectivity index (χ2n) is 9.33. The highest BCUT2D eigenvalue weighted by Gasteiger charge is 2.19. The van der Waals surface area contributed by atoms with Crippen LogP contribution in [0.5, 0.6) is 0 Å². The van der Waals surface area contributed by atoms with Crippen molar-refractivity contribution in [3.8, 4) is 17.1 Å². The highest BCUT2D eigenvalue weighted by molar-refractivity contribution is 9.10. The lowest BCUT2D eigenvalue weighted by Gasteiger charge is -2.19. The minimum absolute atomic E-state index is 0.00219. The van der Waals surface area contributed by atoms with Crippen molar-refractivity contribution in [3.63, 3.8) is 0 Å². The molecule has 1 aromatic heterocycles. The van der Waals surface area contributed by atoms with Crippen LogP contribution < -0.4 is 5.32 Å². The van der Waals surface area contributed by atoms with Gasteiger partial charge in [0.05, 0.1) is 5.75 Å². The summed E-state index contributed by atoms with van der Waals surface area (Å²) >= 11 is 4.90. The summed E-state index contributed by atoms with van der Waals surface area (Å²) in [4.78, 5) is 12.4. The molecule has 0 unspecified atom stereocenters. The molecule has 1 atom stereocenters. The number of carbonyl (C=O) groups excluding carboxylic acids is 1. The second-order valence-corrected chi connectivity index (χ2v) is 11.2. The largest absolute Gasteiger partial charge is 0.353 e. The normalized spacial score (nSPS) is 12.8. The van der Waals surface area contributed by atoms with Crippen LogP contribution in [0.25, 0.3) is 17.1 Å². The SMILES string of the molecule is CC(C)[C@H](C)NC(=O)CSc1nnc(-c2ccc(C(C)(C)C)cc2)n1-c1ccc(Br)cc1. The first-order chi connectivity index (χ1) is 15.1. The van der Waals surface area contributed by atoms with Gasteiger partial charge in [-0.15, -0.1) is 10.2 Å². The van der Waals surface area contributed by atoms with Crippen molar-refractivity contribution in [3.05, 3.63) is 58.6 Å². The summed E-state index contributed by atoms with van der Waals surface area (Å²) in [7, 11) is 0. The zero-order valence-electron chi connectivity index (χ0n) is 19.5. The number of halogens is 1. The smallest absolute Gasteiger partial charge is 0.230 e. The molecular formula is C25H31BrN4OS. The molecule has 0 aliphatic rings. The number of hydrogen-bond acceptors (Lipinski definition) is 4. The lowest BCUT2D eigenvalue weighted by Crippen LogP contribution is -2.37. The van der Waals surface area contributed by atoms with Crippen LogP contribution in [0.15, 0.2) is 58.2 Å². The Morgan fingerprint density at radius 1 is 1.03 bits per heavy atom. The van der Waals surface area contributed by atoms with Crippen molar-refractivity contribution < 1.29 is 4.79 Å². The zero-order chi connectivity index (χ0) is 23.5. The Balaban J connectivity index is 1.92. The molecule has 0 radical (unpaired) electrons. The Kier molecular flexibility index (Phi) is 7.83. The molecule has 0 saturated heterocycles. The van der Waals surface area contributed by atoms with E-state index in [-0.39, 0.29) is 23.1 Å². The molecule has 3 rings (SSSR count). The molecule has 0 saturated carbocycles. The van der Waals surface area contributed by atoms with E-state index in [1.54, 1.807) is 0 Å². The summed E-state index contributed by atoms with van der Waals surface area (Å²) in [5.41, 5.74) is 3.28. The molecule has 1 N–H and O–H groups in total. The third kappa shape index (κ3) is 6.01. The van der Waals surface area contributed by atoms with Crippen molar-refractivity contribution in [1.82, 2.24) is 20.1 Å². The number of amides is 1. The quantitative estimate of drug-likeness (QED) is 0.378. The van der Waals surface area contributed by atoms with Gasteiger partial charge in [-0.25, -0.2) is 0 Å². The van der Waals surface area contributed by atoms with Crippen molar-refractivity contribution in [1.29, 1.82) is 0 Å². The Labute approximate surface area is 203 Å². The fourth-order valence-electron chi connectivity index (χ4n) is 3.08. The predicted octanol–water partition coefficient (Wildman–Crippen LogP) is 6.25. The molecule has 0 aliphatic heterocycles. The summed E-state index contributed by atoms with van der Waals surface area (Å²) in [6.45, 7) is 12.8. The molecule has 32 heavy (non-hydrogen) atoms. The summed E-state index contributed by atoms with van der Waals surface area (Å²) in [5, 5.41) is 12.7. The minimum atomic E-state index is -0.00219. The van der Waals surface area contributed by atoms with Crippen molar-refractivity contribution in [2.45, 2.75) is 58.2 Å². The maximum Gasteiger partial charge on any atom is 0.230 e. The average Bonchev–Trinajstić information content (AvgIpc) is 3.16. The van der Waals surface area contributed by atoms with Gasteiger partial charge in [-0.2, -0.15) is 0 Å². The minimum Gasteiger partial charge on any atom is -0.353 e. The summed E-state index contributed by atoms with van der Waals surface area (Å²) in [6.07, 6.45) is 0. The Morgan fingerprint density at radius 2 is 1.66 bits per heavy atom. The molecular weight excluding hydrogens is 484 g/mol. The van der Waals surface area contributed by atoms with Gasteiger partial charge in [-0.05, 0) is 48.1 Å². The highest BCUT2D eigenvalue weighted by atomic mass is 79.9. The zero-order valence-corrected chi connectivity index (χ0v) is 21.9. The molecule has 170 valence electrons. The molecule has 7 heteroatoms. The number of nitrogens with zero attached hydrogens (tertiary/aromatic N) is 3. The van der Waals surface area contributed by atoms with Gasteiger partial charge in [0, 0.05) is 21.8 Å². The van der Waals surface area contributed by atoms with Gasteiger partial charge in [-0.3, -0.25) is 9.36 Å². The number of nitrogens with one attached hydrogen (secondary N) is 1. The van der Waals surface area contributed by atoms with Crippen LogP contribution >= 0.6 is 27.7 Å². The first-order valence-corrected chi connectivity index (χ1v) is 12.6. The Morgan fingerprint density at radius 3 is 2.22 bits per heavy atom. The average molecular weight is 516 g/mol. The summed E-state index contributed by atoms with van der Waals surface area (Å²) in [5.74, 6) is 1.43. The third-order valence-electron chi connectivity index (χ3n) is 5.45. The van der Waals surface area contributed by atoms with Gasteiger partial charge in [-0.1, -0.05) is 86.6 Å². The molecule has 0 bridgehead atoms. The standard InChI is InChI=1S/C25H31BrN4OS/c1-16(2)17(3)27-22(31)15-32-24-29-28-23(30(24)21-13-11-20(26)12-14-21)18-7-9-19(10-8-18)25(4,5)6/h7-14,16-17H,15H2,1-6H3,(H,27,31)/t17-/m0/s1. The molecule has 0 aliphatic carbocycles. The highest BCUT2D eigenvalue weighted by Crippen LogP contribution is 2.30. The van der Waals surface area contributed by atoms with E-state index in [0.717, 1.165) is 21.5 Å². The van der Waals surface area contributed by atoms with Crippen LogP contribution in [0.1, 0.15) is 47.1 Å². The van der Waals surface area contributed by atoms with Crippen LogP contribution in [0.2, 0.25) is 0 Å². The van der Waals surface area contributed by atoms with E-state index in [1.807, 2.05) is 35.8 Å². The van der Waals surface area contributed by atoms with E-state index in [1.165, 1.54) is 17.3 Å². The fraction of sp³-hybridized carbons (Fsp3) is 0.400. The van der Waals surface area contributed by atoms with Gasteiger partial charge in [0.15, 0.2) is 11.0 Å². The maximum absolute atomic E-state index is 12.4. The molecule has 2 aromatic carbocycles. The number of hydrogen-bond donors (Lipinski definition) is 1. The van der Waals surface area contributed by atoms with Crippen molar-refractivity contribution >= 4 is 33.6 Å². The number of carbonyl (C=O) groups is 1. The van der Waals surface area contributed by atoms with Gasteiger partial charge in [0.2, 0.25) is 5.91 Å². The second kappa shape index (κ2) is 10.2. The lowest BCUT2D eigenvalue weighted by atomic mass is 9.87. The van der Waals surface area contributed by atoms with E-state index in [2.05, 4.69) is 90.3 Å². The summed E-state index contributed by atoms with van der Waals surface area (Å²) < 4.78 is 3.02. The van der Waals surface area contributed by atoms with E-state index >= 15 is 0 Å². The monoisotopic (exact) mass is 514 g/mol. The number of rotatable bonds is 7. The van der Waals surface area contributed by atoms with Gasteiger partial charge in [0.25, 0.3) is 0 Å². The maximum atomic E-state index is 12.4. The Hall–Kier alpha value is -2.12. The molecule has 0 spiro atoms. The molecule has 5 nitrogen and oxygen atoms in total. The van der Waals surface area contributed by atoms with Crippen LogP contribution in [0, 0.1) is 5.92 Å². The first kappa shape index (κ1) is 24.5. The van der Waals surface area contributed by atoms with Crippen molar-refractivity contribution in [2.75, 3.05) is 5.75 Å². The van der Waals surface area contributed by atoms with Gasteiger partial charge >= 0.3 is 0 Å². The molecule has 1 amide bonds. The van der Waals surface area contributed by atoms with E-state index < -0.39 is 0 Å². The van der Waals surface area contributed by atoms with Gasteiger partial charge in [0.1, 0.15) is 0 Å². The first-order valence-electron chi connectivity index (χ1n) is 10.8. The van der Waals surface area contributed by atoms with Crippen LogP contribution in [-0.2, 0) is 10.2 Å². The summed E-state index contributed by atoms with van der Waals surface area (Å²) in [6, 6.07) is 16.6. The fourth-order valence-corrected chi connectivity index (χ4v) is 4.11. The van der Waals surface area contributed by atoms with Crippen molar-refractivity contribution in [2.24, 2.45) is 5.92 Å². The van der Waals surface area contributed by atoms with Crippen LogP contribution in [0.4, 0.5) is 0 Å². The van der Waals surface area contributed by atoms with E-state index in [0.29, 0.717) is 11.1 Å².